The van der Waals surface area contributed by atoms with E-state index in [1.54, 1.807) is 14.1 Å². The number of likely N-dealkylation sites (N-methyl/N-ethyl adjacent to an activating group) is 2. The molecule has 0 aromatic carbocycles. The van der Waals surface area contributed by atoms with Crippen LogP contribution in [0.2, 0.25) is 0 Å². The van der Waals surface area contributed by atoms with Gasteiger partial charge in [-0.2, -0.15) is 0 Å². The molecule has 0 aromatic heterocycles. The van der Waals surface area contributed by atoms with Gasteiger partial charge in [0.15, 0.2) is 0 Å². The van der Waals surface area contributed by atoms with Crippen LogP contribution in [-0.2, 0) is 62.0 Å². The predicted octanol–water partition coefficient (Wildman–Crippen LogP) is 0.949. The minimum Gasteiger partial charge on any atom is -0.368 e. The number of carbonyl (C=O) groups excluding carboxylic acids is 8. The highest BCUT2D eigenvalue weighted by Gasteiger charge is 2.24. The van der Waals surface area contributed by atoms with Gasteiger partial charge in [-0.1, -0.05) is 22.3 Å². The number of unbranched alkanes of at least 4 members (excludes halogenated alkanes) is 2. The second-order valence-electron chi connectivity index (χ2n) is 10.2. The van der Waals surface area contributed by atoms with Gasteiger partial charge >= 0.3 is 0 Å². The summed E-state index contributed by atoms with van der Waals surface area (Å²) >= 11 is 8.82. The molecule has 20 heteroatoms. The van der Waals surface area contributed by atoms with Crippen LogP contribution in [0, 0.1) is 0 Å². The second-order valence-corrected chi connectivity index (χ2v) is 14.4. The van der Waals surface area contributed by atoms with Crippen LogP contribution in [0.1, 0.15) is 73.6 Å². The van der Waals surface area contributed by atoms with Crippen molar-refractivity contribution in [3.05, 3.63) is 24.3 Å². The molecular formula is C31H56N8O8P2S2. The molecule has 2 atom stereocenters. The fourth-order valence-electron chi connectivity index (χ4n) is 4.17. The van der Waals surface area contributed by atoms with Crippen LogP contribution in [0.3, 0.4) is 0 Å². The summed E-state index contributed by atoms with van der Waals surface area (Å²) in [5.74, 6) is -2.75. The number of rotatable bonds is 21. The summed E-state index contributed by atoms with van der Waals surface area (Å²) < 4.78 is 0. The quantitative estimate of drug-likeness (QED) is 0.0541. The highest BCUT2D eigenvalue weighted by atomic mass is 32.7. The number of hydrogen-bond donors (Lipinski definition) is 6. The molecule has 2 heterocycles. The third-order valence-electron chi connectivity index (χ3n) is 6.83. The zero-order chi connectivity index (χ0) is 36.5. The van der Waals surface area contributed by atoms with Crippen molar-refractivity contribution in [1.29, 1.82) is 0 Å². The smallest absolute Gasteiger partial charge is 0.253 e. The average Bonchev–Trinajstić information content (AvgIpc) is 3.55. The van der Waals surface area contributed by atoms with Crippen molar-refractivity contribution in [2.24, 2.45) is 11.5 Å². The van der Waals surface area contributed by atoms with E-state index in [0.717, 1.165) is 49.6 Å². The number of carbonyl (C=O) groups is 8. The molecule has 8 amide bonds. The van der Waals surface area contributed by atoms with Gasteiger partial charge < -0.3 is 32.7 Å². The Kier molecular flexibility index (Phi) is 34.7. The normalized spacial score (nSPS) is 13.8. The van der Waals surface area contributed by atoms with Crippen LogP contribution in [0.4, 0.5) is 0 Å². The molecule has 290 valence electrons. The van der Waals surface area contributed by atoms with Crippen molar-refractivity contribution in [2.45, 2.75) is 85.7 Å². The van der Waals surface area contributed by atoms with Gasteiger partial charge in [-0.3, -0.25) is 48.2 Å². The summed E-state index contributed by atoms with van der Waals surface area (Å²) in [5, 5.41) is 11.1. The Labute approximate surface area is 315 Å². The standard InChI is InChI=1S/2C14H22N4O4.3CH4.P2S2/c2*1-16-10(14(15)22)4-2-3-8-17-11(19)7-9-18-12(20)5-6-13(18)21;;;;3-1-2-4/h2*5-6,10,16H,2-4,7-9H2,1H3,(H2,15,22)(H,17,19);3*1H4;. The third-order valence-corrected chi connectivity index (χ3v) is 9.49. The molecule has 0 aliphatic carbocycles. The van der Waals surface area contributed by atoms with E-state index in [9.17, 15) is 38.4 Å². The van der Waals surface area contributed by atoms with Crippen molar-refractivity contribution < 1.29 is 38.4 Å². The molecule has 2 unspecified atom stereocenters. The van der Waals surface area contributed by atoms with Gasteiger partial charge in [0.2, 0.25) is 23.6 Å². The fourth-order valence-corrected chi connectivity index (χ4v) is 4.17. The molecule has 0 bridgehead atoms. The van der Waals surface area contributed by atoms with Crippen LogP contribution in [0.5, 0.6) is 0 Å². The first-order valence-electron chi connectivity index (χ1n) is 15.0. The highest BCUT2D eigenvalue weighted by Crippen LogP contribution is 2.10. The highest BCUT2D eigenvalue weighted by molar-refractivity contribution is 8.40. The minimum absolute atomic E-state index is 0. The molecule has 2 rings (SSSR count). The van der Waals surface area contributed by atoms with Crippen molar-refractivity contribution in [1.82, 2.24) is 31.1 Å². The Morgan fingerprint density at radius 1 is 0.627 bits per heavy atom. The molecule has 0 saturated heterocycles. The van der Waals surface area contributed by atoms with E-state index in [1.165, 1.54) is 24.3 Å². The molecule has 0 saturated carbocycles. The Morgan fingerprint density at radius 2 is 0.922 bits per heavy atom. The zero-order valence-corrected chi connectivity index (χ0v) is 30.4. The largest absolute Gasteiger partial charge is 0.368 e. The lowest BCUT2D eigenvalue weighted by molar-refractivity contribution is -0.139. The number of hydrogen-bond acceptors (Lipinski definition) is 12. The van der Waals surface area contributed by atoms with E-state index < -0.39 is 0 Å². The van der Waals surface area contributed by atoms with Crippen LogP contribution >= 0.6 is 14.1 Å². The molecular weight excluding hydrogens is 738 g/mol. The van der Waals surface area contributed by atoms with E-state index in [2.05, 4.69) is 44.9 Å². The molecule has 0 spiro atoms. The van der Waals surface area contributed by atoms with Crippen molar-refractivity contribution >= 4 is 85.0 Å². The summed E-state index contributed by atoms with van der Waals surface area (Å²) in [6, 6.07) is -0.703. The van der Waals surface area contributed by atoms with Crippen LogP contribution in [-0.4, -0.2) is 109 Å². The van der Waals surface area contributed by atoms with E-state index >= 15 is 0 Å². The molecule has 16 nitrogen and oxygen atoms in total. The molecule has 51 heavy (non-hydrogen) atoms. The van der Waals surface area contributed by atoms with Gasteiger partial charge in [0.25, 0.3) is 23.6 Å². The van der Waals surface area contributed by atoms with E-state index in [0.29, 0.717) is 25.9 Å². The summed E-state index contributed by atoms with van der Waals surface area (Å²) in [4.78, 5) is 92.4. The van der Waals surface area contributed by atoms with Crippen molar-refractivity contribution in [3.63, 3.8) is 0 Å². The van der Waals surface area contributed by atoms with Gasteiger partial charge in [-0.25, -0.2) is 0 Å². The first-order chi connectivity index (χ1) is 22.8. The molecule has 0 aromatic rings. The molecule has 2 aliphatic rings. The Morgan fingerprint density at radius 3 is 1.16 bits per heavy atom. The lowest BCUT2D eigenvalue weighted by atomic mass is 10.1. The fraction of sp³-hybridized carbons (Fsp3) is 0.613. The maximum Gasteiger partial charge on any atom is 0.253 e. The van der Waals surface area contributed by atoms with Crippen LogP contribution < -0.4 is 32.7 Å². The maximum absolute atomic E-state index is 11.6. The molecule has 8 N–H and O–H groups in total. The Balaban J connectivity index is -0.000000372. The summed E-state index contributed by atoms with van der Waals surface area (Å²) in [5.41, 5.74) is 10.4. The summed E-state index contributed by atoms with van der Waals surface area (Å²) in [6.45, 7) is 1.13. The van der Waals surface area contributed by atoms with Gasteiger partial charge in [-0.05, 0) is 76.2 Å². The lowest BCUT2D eigenvalue weighted by Crippen LogP contribution is -2.39. The first-order valence-corrected chi connectivity index (χ1v) is 19.5. The lowest BCUT2D eigenvalue weighted by Gasteiger charge is -2.14. The Bertz CT molecular complexity index is 1110. The van der Waals surface area contributed by atoms with Crippen LogP contribution in [0.15, 0.2) is 24.3 Å². The van der Waals surface area contributed by atoms with E-state index in [4.69, 9.17) is 11.5 Å². The first kappa shape index (κ1) is 54.4. The van der Waals surface area contributed by atoms with Crippen molar-refractivity contribution in [2.75, 3.05) is 40.3 Å². The van der Waals surface area contributed by atoms with E-state index in [1.807, 2.05) is 0 Å². The molecule has 0 radical (unpaired) electrons. The van der Waals surface area contributed by atoms with Gasteiger partial charge in [-0.15, -0.1) is 0 Å². The molecule has 0 fully saturated rings. The third kappa shape index (κ3) is 24.4. The number of imide groups is 2. The Hall–Kier alpha value is -3.40. The minimum atomic E-state index is -0.389. The number of primary amides is 2. The average molecular weight is 795 g/mol. The maximum atomic E-state index is 11.6. The summed E-state index contributed by atoms with van der Waals surface area (Å²) in [7, 11) is 5.08. The monoisotopic (exact) mass is 794 g/mol. The molecule has 2 aliphatic heterocycles. The van der Waals surface area contributed by atoms with Crippen molar-refractivity contribution in [3.8, 4) is 0 Å². The number of nitrogens with one attached hydrogen (secondary N) is 4. The van der Waals surface area contributed by atoms with E-state index in [-0.39, 0.29) is 108 Å². The SMILES string of the molecule is C.C.C.CNC(CCCCNC(=O)CCN1C(=O)C=CC1=O)C(N)=O.CNC(CCCCNC(=O)CCN1C(=O)C=CC1=O)C(N)=O.S=PP=S. The number of nitrogens with zero attached hydrogens (tertiary/aromatic N) is 2. The summed E-state index contributed by atoms with van der Waals surface area (Å²) in [6.07, 6.45) is 9.11. The second kappa shape index (κ2) is 32.5. The zero-order valence-electron chi connectivity index (χ0n) is 27.0. The van der Waals surface area contributed by atoms with Gasteiger partial charge in [0.1, 0.15) is 0 Å². The number of nitrogens with two attached hydrogens (primary N) is 2. The van der Waals surface area contributed by atoms with Gasteiger partial charge in [0.05, 0.1) is 12.1 Å². The number of amides is 8. The van der Waals surface area contributed by atoms with Crippen LogP contribution in [0.25, 0.3) is 0 Å². The van der Waals surface area contributed by atoms with Gasteiger partial charge in [0, 0.05) is 77.4 Å². The topological polar surface area (TPSA) is 243 Å². The predicted molar refractivity (Wildman–Crippen MR) is 208 cm³/mol.